The maximum Gasteiger partial charge on any atom is 0.118 e. The quantitative estimate of drug-likeness (QED) is 0.867. The zero-order chi connectivity index (χ0) is 13.8. The first-order valence-electron chi connectivity index (χ1n) is 5.58. The van der Waals surface area contributed by atoms with E-state index in [1.807, 2.05) is 30.3 Å². The summed E-state index contributed by atoms with van der Waals surface area (Å²) in [6.45, 7) is 0. The van der Waals surface area contributed by atoms with Gasteiger partial charge in [-0.2, -0.15) is 5.26 Å². The molecule has 1 aliphatic rings. The van der Waals surface area contributed by atoms with Crippen molar-refractivity contribution in [2.45, 2.75) is 5.25 Å². The van der Waals surface area contributed by atoms with Gasteiger partial charge in [-0.3, -0.25) is 0 Å². The zero-order valence-corrected chi connectivity index (χ0v) is 11.9. The van der Waals surface area contributed by atoms with Crippen molar-refractivity contribution in [2.75, 3.05) is 7.11 Å². The SMILES string of the molecule is COc1ccc(C2=CC(C=S)SC(N)=C2C#N)cc1. The maximum absolute atomic E-state index is 9.25. The van der Waals surface area contributed by atoms with Gasteiger partial charge in [0.15, 0.2) is 0 Å². The molecule has 0 aliphatic carbocycles. The molecule has 5 heteroatoms. The Morgan fingerprint density at radius 1 is 1.42 bits per heavy atom. The number of rotatable bonds is 3. The minimum atomic E-state index is 0.0178. The number of hydrogen-bond acceptors (Lipinski definition) is 5. The fraction of sp³-hybridized carbons (Fsp3) is 0.143. The molecule has 1 unspecified atom stereocenters. The molecule has 2 N–H and O–H groups in total. The number of benzene rings is 1. The summed E-state index contributed by atoms with van der Waals surface area (Å²) in [5, 5.41) is 11.4. The summed E-state index contributed by atoms with van der Waals surface area (Å²) >= 11 is 6.37. The maximum atomic E-state index is 9.25. The summed E-state index contributed by atoms with van der Waals surface area (Å²) in [5.74, 6) is 0.774. The van der Waals surface area contributed by atoms with Gasteiger partial charge in [-0.15, -0.1) is 0 Å². The lowest BCUT2D eigenvalue weighted by molar-refractivity contribution is 0.415. The molecular weight excluding hydrogens is 276 g/mol. The van der Waals surface area contributed by atoms with Crippen molar-refractivity contribution >= 4 is 34.9 Å². The number of nitrogens with two attached hydrogens (primary N) is 1. The van der Waals surface area contributed by atoms with Crippen molar-refractivity contribution in [3.63, 3.8) is 0 Å². The molecule has 0 bridgehead atoms. The summed E-state index contributed by atoms with van der Waals surface area (Å²) in [6.07, 6.45) is 1.97. The van der Waals surface area contributed by atoms with Crippen LogP contribution in [0.3, 0.4) is 0 Å². The van der Waals surface area contributed by atoms with E-state index in [9.17, 15) is 5.26 Å². The Balaban J connectivity index is 2.47. The molecule has 96 valence electrons. The molecule has 1 atom stereocenters. The Bertz CT molecular complexity index is 597. The van der Waals surface area contributed by atoms with Crippen LogP contribution in [0.25, 0.3) is 5.57 Å². The number of nitriles is 1. The molecule has 0 saturated carbocycles. The second-order valence-corrected chi connectivity index (χ2v) is 5.37. The Morgan fingerprint density at radius 3 is 2.63 bits per heavy atom. The van der Waals surface area contributed by atoms with E-state index >= 15 is 0 Å². The van der Waals surface area contributed by atoms with E-state index in [2.05, 4.69) is 6.07 Å². The number of methoxy groups -OCH3 is 1. The minimum absolute atomic E-state index is 0.0178. The molecule has 0 aromatic heterocycles. The predicted molar refractivity (Wildman–Crippen MR) is 82.8 cm³/mol. The second-order valence-electron chi connectivity index (χ2n) is 3.88. The number of thiocarbonyl (C=S) groups is 1. The van der Waals surface area contributed by atoms with Gasteiger partial charge in [0.05, 0.1) is 23.0 Å². The van der Waals surface area contributed by atoms with Crippen LogP contribution in [0.5, 0.6) is 5.75 Å². The number of thioether (sulfide) groups is 1. The first kappa shape index (κ1) is 13.7. The Morgan fingerprint density at radius 2 is 2.11 bits per heavy atom. The molecule has 19 heavy (non-hydrogen) atoms. The van der Waals surface area contributed by atoms with Crippen molar-refractivity contribution in [1.82, 2.24) is 0 Å². The van der Waals surface area contributed by atoms with Crippen molar-refractivity contribution in [2.24, 2.45) is 5.73 Å². The van der Waals surface area contributed by atoms with Gasteiger partial charge in [0, 0.05) is 0 Å². The zero-order valence-electron chi connectivity index (χ0n) is 10.3. The lowest BCUT2D eigenvalue weighted by Gasteiger charge is -2.19. The van der Waals surface area contributed by atoms with E-state index in [0.29, 0.717) is 10.6 Å². The molecule has 0 spiro atoms. The standard InChI is InChI=1S/C14H12N2OS2/c1-17-10-4-2-9(3-5-10)12-6-11(8-18)19-14(16)13(12)7-15/h2-6,8,11H,16H2,1H3. The summed E-state index contributed by atoms with van der Waals surface area (Å²) in [4.78, 5) is 0. The largest absolute Gasteiger partial charge is 0.497 e. The third-order valence-electron chi connectivity index (χ3n) is 2.76. The van der Waals surface area contributed by atoms with Crippen LogP contribution in [0.15, 0.2) is 40.9 Å². The van der Waals surface area contributed by atoms with Gasteiger partial charge >= 0.3 is 0 Å². The van der Waals surface area contributed by atoms with Gasteiger partial charge in [-0.25, -0.2) is 0 Å². The first-order valence-corrected chi connectivity index (χ1v) is 6.93. The molecular formula is C14H12N2OS2. The normalized spacial score (nSPS) is 18.5. The van der Waals surface area contributed by atoms with Gasteiger partial charge in [-0.05, 0) is 28.6 Å². The van der Waals surface area contributed by atoms with Crippen molar-refractivity contribution in [3.8, 4) is 11.8 Å². The summed E-state index contributed by atoms with van der Waals surface area (Å²) in [6, 6.07) is 9.69. The molecule has 2 rings (SSSR count). The summed E-state index contributed by atoms with van der Waals surface area (Å²) < 4.78 is 5.12. The second kappa shape index (κ2) is 5.91. The van der Waals surface area contributed by atoms with Crippen LogP contribution in [0.4, 0.5) is 0 Å². The minimum Gasteiger partial charge on any atom is -0.497 e. The Kier molecular flexibility index (Phi) is 4.25. The molecule has 0 radical (unpaired) electrons. The molecule has 1 aromatic rings. The topological polar surface area (TPSA) is 59.0 Å². The van der Waals surface area contributed by atoms with Crippen molar-refractivity contribution in [3.05, 3.63) is 46.5 Å². The highest BCUT2D eigenvalue weighted by Crippen LogP contribution is 2.36. The monoisotopic (exact) mass is 288 g/mol. The molecule has 1 aromatic carbocycles. The van der Waals surface area contributed by atoms with Crippen LogP contribution in [0.2, 0.25) is 0 Å². The van der Waals surface area contributed by atoms with Gasteiger partial charge in [-0.1, -0.05) is 42.2 Å². The average Bonchev–Trinajstić information content (AvgIpc) is 2.46. The number of allylic oxidation sites excluding steroid dienone is 2. The number of ether oxygens (including phenoxy) is 1. The predicted octanol–water partition coefficient (Wildman–Crippen LogP) is 2.89. The van der Waals surface area contributed by atoms with Crippen LogP contribution < -0.4 is 10.5 Å². The van der Waals surface area contributed by atoms with Crippen LogP contribution in [-0.4, -0.2) is 17.7 Å². The van der Waals surface area contributed by atoms with E-state index in [4.69, 9.17) is 22.7 Å². The van der Waals surface area contributed by atoms with Crippen molar-refractivity contribution < 1.29 is 4.74 Å². The Labute approximate surface area is 121 Å². The lowest BCUT2D eigenvalue weighted by Crippen LogP contribution is -2.12. The van der Waals surface area contributed by atoms with Crippen LogP contribution in [0.1, 0.15) is 5.56 Å². The van der Waals surface area contributed by atoms with Crippen LogP contribution in [0, 0.1) is 11.3 Å². The smallest absolute Gasteiger partial charge is 0.118 e. The summed E-state index contributed by atoms with van der Waals surface area (Å²) in [7, 11) is 1.62. The average molecular weight is 288 g/mol. The highest BCUT2D eigenvalue weighted by atomic mass is 32.2. The molecule has 3 nitrogen and oxygen atoms in total. The third-order valence-corrected chi connectivity index (χ3v) is 4.22. The molecule has 0 amide bonds. The number of hydrogen-bond donors (Lipinski definition) is 1. The highest BCUT2D eigenvalue weighted by Gasteiger charge is 2.21. The fourth-order valence-corrected chi connectivity index (χ4v) is 2.88. The number of nitrogens with zero attached hydrogens (tertiary/aromatic N) is 1. The van der Waals surface area contributed by atoms with Gasteiger partial charge < -0.3 is 10.5 Å². The van der Waals surface area contributed by atoms with E-state index < -0.39 is 0 Å². The first-order chi connectivity index (χ1) is 9.19. The van der Waals surface area contributed by atoms with E-state index in [0.717, 1.165) is 16.9 Å². The van der Waals surface area contributed by atoms with E-state index in [-0.39, 0.29) is 5.25 Å². The molecule has 0 saturated heterocycles. The van der Waals surface area contributed by atoms with Gasteiger partial charge in [0.1, 0.15) is 11.8 Å². The van der Waals surface area contributed by atoms with Crippen LogP contribution in [-0.2, 0) is 0 Å². The highest BCUT2D eigenvalue weighted by molar-refractivity contribution is 8.05. The summed E-state index contributed by atoms with van der Waals surface area (Å²) in [5.41, 5.74) is 8.19. The third kappa shape index (κ3) is 2.80. The molecule has 1 aliphatic heterocycles. The van der Waals surface area contributed by atoms with E-state index in [1.165, 1.54) is 11.8 Å². The fourth-order valence-electron chi connectivity index (χ4n) is 1.81. The van der Waals surface area contributed by atoms with Gasteiger partial charge in [0.2, 0.25) is 0 Å². The van der Waals surface area contributed by atoms with E-state index in [1.54, 1.807) is 12.5 Å². The van der Waals surface area contributed by atoms with Crippen molar-refractivity contribution in [1.29, 1.82) is 5.26 Å². The molecule has 0 fully saturated rings. The molecule has 1 heterocycles. The van der Waals surface area contributed by atoms with Crippen LogP contribution >= 0.6 is 24.0 Å². The Hall–Kier alpha value is -1.77. The lowest BCUT2D eigenvalue weighted by atomic mass is 9.97. The van der Waals surface area contributed by atoms with Gasteiger partial charge in [0.25, 0.3) is 0 Å².